The van der Waals surface area contributed by atoms with Crippen LogP contribution in [0.1, 0.15) is 46.5 Å². The Bertz CT molecular complexity index is 490. The van der Waals surface area contributed by atoms with Crippen LogP contribution in [0.2, 0.25) is 0 Å². The first-order valence-electron chi connectivity index (χ1n) is 7.50. The number of rotatable bonds is 6. The van der Waals surface area contributed by atoms with E-state index in [9.17, 15) is 19.2 Å². The minimum atomic E-state index is -0.718. The Morgan fingerprint density at radius 2 is 1.65 bits per heavy atom. The summed E-state index contributed by atoms with van der Waals surface area (Å²) in [6.07, 6.45) is 3.92. The molecule has 8 heteroatoms. The van der Waals surface area contributed by atoms with Gasteiger partial charge in [-0.1, -0.05) is 6.42 Å². The predicted molar refractivity (Wildman–Crippen MR) is 81.8 cm³/mol. The van der Waals surface area contributed by atoms with Gasteiger partial charge in [-0.3, -0.25) is 24.7 Å². The Labute approximate surface area is 135 Å². The van der Waals surface area contributed by atoms with Crippen molar-refractivity contribution in [3.05, 3.63) is 12.2 Å². The number of nitrogens with zero attached hydrogens (tertiary/aromatic N) is 1. The molecule has 4 amide bonds. The van der Waals surface area contributed by atoms with Crippen LogP contribution in [-0.4, -0.2) is 40.9 Å². The van der Waals surface area contributed by atoms with E-state index in [1.807, 2.05) is 0 Å². The summed E-state index contributed by atoms with van der Waals surface area (Å²) >= 11 is 0. The number of unbranched alkanes of at least 4 members (excludes halogenated alkanes) is 2. The van der Waals surface area contributed by atoms with Crippen molar-refractivity contribution in [1.82, 2.24) is 15.8 Å². The molecule has 0 aromatic rings. The van der Waals surface area contributed by atoms with Crippen molar-refractivity contribution < 1.29 is 23.9 Å². The molecule has 1 heterocycles. The number of carbonyl (C=O) groups is 4. The van der Waals surface area contributed by atoms with Gasteiger partial charge in [-0.25, -0.2) is 10.2 Å². The quantitative estimate of drug-likeness (QED) is 0.431. The Hall–Kier alpha value is -2.38. The van der Waals surface area contributed by atoms with Gasteiger partial charge < -0.3 is 4.74 Å². The van der Waals surface area contributed by atoms with E-state index in [0.29, 0.717) is 25.8 Å². The summed E-state index contributed by atoms with van der Waals surface area (Å²) in [6, 6.07) is 0. The molecule has 0 saturated carbocycles. The first kappa shape index (κ1) is 18.7. The minimum Gasteiger partial charge on any atom is -0.443 e. The third kappa shape index (κ3) is 7.44. The molecule has 0 saturated heterocycles. The van der Waals surface area contributed by atoms with E-state index < -0.39 is 11.7 Å². The summed E-state index contributed by atoms with van der Waals surface area (Å²) in [4.78, 5) is 46.6. The van der Waals surface area contributed by atoms with Crippen molar-refractivity contribution in [3.8, 4) is 0 Å². The predicted octanol–water partition coefficient (Wildman–Crippen LogP) is 1.03. The Kier molecular flexibility index (Phi) is 6.74. The van der Waals surface area contributed by atoms with E-state index in [0.717, 1.165) is 0 Å². The second kappa shape index (κ2) is 8.30. The van der Waals surface area contributed by atoms with E-state index in [1.54, 1.807) is 20.8 Å². The van der Waals surface area contributed by atoms with Gasteiger partial charge in [-0.15, -0.1) is 0 Å². The van der Waals surface area contributed by atoms with Gasteiger partial charge in [-0.05, 0) is 33.6 Å². The number of carbonyl (C=O) groups excluding carboxylic acids is 4. The molecule has 128 valence electrons. The van der Waals surface area contributed by atoms with Crippen LogP contribution in [0, 0.1) is 0 Å². The fraction of sp³-hybridized carbons (Fsp3) is 0.600. The van der Waals surface area contributed by atoms with Crippen LogP contribution >= 0.6 is 0 Å². The maximum atomic E-state index is 11.5. The summed E-state index contributed by atoms with van der Waals surface area (Å²) in [5.41, 5.74) is 3.80. The van der Waals surface area contributed by atoms with Crippen LogP contribution in [0.4, 0.5) is 4.79 Å². The van der Waals surface area contributed by atoms with Crippen LogP contribution in [0.15, 0.2) is 12.2 Å². The highest BCUT2D eigenvalue weighted by molar-refractivity contribution is 6.12. The highest BCUT2D eigenvalue weighted by Crippen LogP contribution is 2.08. The molecule has 0 bridgehead atoms. The molecule has 2 N–H and O–H groups in total. The van der Waals surface area contributed by atoms with Gasteiger partial charge in [0.05, 0.1) is 0 Å². The highest BCUT2D eigenvalue weighted by Gasteiger charge is 2.22. The summed E-state index contributed by atoms with van der Waals surface area (Å²) in [7, 11) is 0. The average molecular weight is 325 g/mol. The van der Waals surface area contributed by atoms with Crippen molar-refractivity contribution >= 4 is 23.8 Å². The molecule has 0 spiro atoms. The molecule has 0 unspecified atom stereocenters. The highest BCUT2D eigenvalue weighted by atomic mass is 16.6. The van der Waals surface area contributed by atoms with Gasteiger partial charge in [0.25, 0.3) is 11.8 Å². The maximum absolute atomic E-state index is 11.5. The molecule has 1 rings (SSSR count). The summed E-state index contributed by atoms with van der Waals surface area (Å²) in [5, 5.41) is 0. The van der Waals surface area contributed by atoms with Crippen molar-refractivity contribution in [2.24, 2.45) is 0 Å². The topological polar surface area (TPSA) is 105 Å². The third-order valence-electron chi connectivity index (χ3n) is 2.89. The molecule has 1 aliphatic rings. The van der Waals surface area contributed by atoms with E-state index >= 15 is 0 Å². The molecular formula is C15H23N3O5. The lowest BCUT2D eigenvalue weighted by atomic mass is 10.2. The fourth-order valence-electron chi connectivity index (χ4n) is 1.87. The molecule has 0 aliphatic carbocycles. The zero-order chi connectivity index (χ0) is 17.5. The molecule has 23 heavy (non-hydrogen) atoms. The molecule has 0 fully saturated rings. The van der Waals surface area contributed by atoms with Gasteiger partial charge in [0, 0.05) is 25.1 Å². The molecule has 0 atom stereocenters. The van der Waals surface area contributed by atoms with Crippen LogP contribution in [0.5, 0.6) is 0 Å². The van der Waals surface area contributed by atoms with Crippen LogP contribution in [-0.2, 0) is 19.1 Å². The Morgan fingerprint density at radius 1 is 1.04 bits per heavy atom. The van der Waals surface area contributed by atoms with Crippen LogP contribution < -0.4 is 10.9 Å². The van der Waals surface area contributed by atoms with E-state index in [1.165, 1.54) is 17.1 Å². The van der Waals surface area contributed by atoms with Gasteiger partial charge in [0.2, 0.25) is 5.91 Å². The van der Waals surface area contributed by atoms with E-state index in [4.69, 9.17) is 4.74 Å². The van der Waals surface area contributed by atoms with E-state index in [2.05, 4.69) is 10.9 Å². The first-order valence-corrected chi connectivity index (χ1v) is 7.50. The maximum Gasteiger partial charge on any atom is 0.426 e. The number of imide groups is 1. The number of hydrogen-bond donors (Lipinski definition) is 2. The van der Waals surface area contributed by atoms with Crippen LogP contribution in [0.25, 0.3) is 0 Å². The molecule has 0 radical (unpaired) electrons. The number of hydrogen-bond acceptors (Lipinski definition) is 5. The molecular weight excluding hydrogens is 302 g/mol. The second-order valence-electron chi connectivity index (χ2n) is 6.15. The average Bonchev–Trinajstić information content (AvgIpc) is 2.74. The summed E-state index contributed by atoms with van der Waals surface area (Å²) < 4.78 is 4.97. The SMILES string of the molecule is CC(C)(C)OC(=O)NNC(=O)CCCCCN1C(=O)C=CC1=O. The molecule has 8 nitrogen and oxygen atoms in total. The lowest BCUT2D eigenvalue weighted by Crippen LogP contribution is -2.44. The monoisotopic (exact) mass is 325 g/mol. The Balaban J connectivity index is 2.07. The molecule has 0 aromatic carbocycles. The third-order valence-corrected chi connectivity index (χ3v) is 2.89. The Morgan fingerprint density at radius 3 is 2.22 bits per heavy atom. The normalized spacial score (nSPS) is 14.1. The number of nitrogens with one attached hydrogen (secondary N) is 2. The van der Waals surface area contributed by atoms with Gasteiger partial charge in [0.1, 0.15) is 5.60 Å². The number of amides is 4. The molecule has 0 aromatic heterocycles. The minimum absolute atomic E-state index is 0.232. The van der Waals surface area contributed by atoms with Crippen molar-refractivity contribution in [2.75, 3.05) is 6.54 Å². The zero-order valence-corrected chi connectivity index (χ0v) is 13.7. The van der Waals surface area contributed by atoms with E-state index in [-0.39, 0.29) is 24.1 Å². The van der Waals surface area contributed by atoms with Crippen molar-refractivity contribution in [3.63, 3.8) is 0 Å². The lowest BCUT2D eigenvalue weighted by molar-refractivity contribution is -0.137. The first-order chi connectivity index (χ1) is 10.7. The lowest BCUT2D eigenvalue weighted by Gasteiger charge is -2.19. The number of ether oxygens (including phenoxy) is 1. The largest absolute Gasteiger partial charge is 0.443 e. The van der Waals surface area contributed by atoms with Gasteiger partial charge in [0.15, 0.2) is 0 Å². The fourth-order valence-corrected chi connectivity index (χ4v) is 1.87. The number of hydrazine groups is 1. The van der Waals surface area contributed by atoms with Crippen molar-refractivity contribution in [1.29, 1.82) is 0 Å². The smallest absolute Gasteiger partial charge is 0.426 e. The van der Waals surface area contributed by atoms with Gasteiger partial charge >= 0.3 is 6.09 Å². The second-order valence-corrected chi connectivity index (χ2v) is 6.15. The van der Waals surface area contributed by atoms with Crippen molar-refractivity contribution in [2.45, 2.75) is 52.1 Å². The summed E-state index contributed by atoms with van der Waals surface area (Å²) in [5.74, 6) is -0.922. The van der Waals surface area contributed by atoms with Gasteiger partial charge in [-0.2, -0.15) is 0 Å². The summed E-state index contributed by atoms with van der Waals surface area (Å²) in [6.45, 7) is 5.52. The van der Waals surface area contributed by atoms with Crippen LogP contribution in [0.3, 0.4) is 0 Å². The molecule has 1 aliphatic heterocycles. The standard InChI is InChI=1S/C15H23N3O5/c1-15(2,3)23-14(22)17-16-11(19)7-5-4-6-10-18-12(20)8-9-13(18)21/h8-9H,4-7,10H2,1-3H3,(H,16,19)(H,17,22). The zero-order valence-electron chi connectivity index (χ0n) is 13.7.